The predicted octanol–water partition coefficient (Wildman–Crippen LogP) is 4.62. The number of fused-ring (bicyclic) bond motifs is 1. The second kappa shape index (κ2) is 8.58. The van der Waals surface area contributed by atoms with Crippen LogP contribution in [0, 0.1) is 5.82 Å². The van der Waals surface area contributed by atoms with Gasteiger partial charge in [0.05, 0.1) is 0 Å². The van der Waals surface area contributed by atoms with Crippen LogP contribution in [0.3, 0.4) is 0 Å². The molecule has 2 amide bonds. The summed E-state index contributed by atoms with van der Waals surface area (Å²) in [5, 5.41) is 3.25. The van der Waals surface area contributed by atoms with Crippen molar-refractivity contribution >= 4 is 11.8 Å². The molecule has 5 heteroatoms. The standard InChI is InChI=1S/C25H29FN2O2/c1-25(24(30)27-21-9-4-2-3-5-10-21)16-19-8-6-7-11-22(19)23(29)28(25)17-18-12-14-20(26)15-13-18/h6-8,11-15,21H,2-5,9-10,16-17H2,1H3,(H,27,30)/t25-/m0/s1. The van der Waals surface area contributed by atoms with Crippen molar-refractivity contribution in [1.82, 2.24) is 10.2 Å². The van der Waals surface area contributed by atoms with Gasteiger partial charge in [0.15, 0.2) is 0 Å². The van der Waals surface area contributed by atoms with Gasteiger partial charge in [-0.25, -0.2) is 4.39 Å². The highest BCUT2D eigenvalue weighted by Gasteiger charge is 2.47. The Bertz CT molecular complexity index is 919. The number of amides is 2. The zero-order chi connectivity index (χ0) is 21.1. The Labute approximate surface area is 177 Å². The van der Waals surface area contributed by atoms with Gasteiger partial charge in [0.2, 0.25) is 5.91 Å². The molecule has 1 aliphatic heterocycles. The van der Waals surface area contributed by atoms with Gasteiger partial charge in [0.1, 0.15) is 11.4 Å². The summed E-state index contributed by atoms with van der Waals surface area (Å²) in [6.45, 7) is 2.12. The van der Waals surface area contributed by atoms with Crippen molar-refractivity contribution in [2.24, 2.45) is 0 Å². The Kier molecular flexibility index (Phi) is 5.89. The lowest BCUT2D eigenvalue weighted by Crippen LogP contribution is -2.63. The summed E-state index contributed by atoms with van der Waals surface area (Å²) < 4.78 is 13.4. The van der Waals surface area contributed by atoms with Gasteiger partial charge in [0, 0.05) is 24.6 Å². The first-order chi connectivity index (χ1) is 14.5. The number of carbonyl (C=O) groups excluding carboxylic acids is 2. The first kappa shape index (κ1) is 20.6. The first-order valence-corrected chi connectivity index (χ1v) is 10.9. The molecule has 0 unspecified atom stereocenters. The maximum Gasteiger partial charge on any atom is 0.255 e. The minimum atomic E-state index is -0.994. The number of nitrogens with one attached hydrogen (secondary N) is 1. The molecule has 0 radical (unpaired) electrons. The summed E-state index contributed by atoms with van der Waals surface area (Å²) >= 11 is 0. The van der Waals surface area contributed by atoms with Crippen molar-refractivity contribution in [3.8, 4) is 0 Å². The summed E-state index contributed by atoms with van der Waals surface area (Å²) in [7, 11) is 0. The van der Waals surface area contributed by atoms with Crippen LogP contribution in [0.4, 0.5) is 4.39 Å². The van der Waals surface area contributed by atoms with Crippen LogP contribution in [-0.2, 0) is 17.8 Å². The summed E-state index contributed by atoms with van der Waals surface area (Å²) in [4.78, 5) is 28.6. The Morgan fingerprint density at radius 1 is 1.07 bits per heavy atom. The summed E-state index contributed by atoms with van der Waals surface area (Å²) in [5.41, 5.74) is 1.35. The summed E-state index contributed by atoms with van der Waals surface area (Å²) in [6, 6.07) is 13.8. The Hall–Kier alpha value is -2.69. The van der Waals surface area contributed by atoms with Crippen molar-refractivity contribution in [3.05, 3.63) is 71.0 Å². The molecule has 0 saturated heterocycles. The fraction of sp³-hybridized carbons (Fsp3) is 0.440. The largest absolute Gasteiger partial charge is 0.351 e. The second-order valence-corrected chi connectivity index (χ2v) is 8.79. The normalized spacial score (nSPS) is 22.3. The van der Waals surface area contributed by atoms with Gasteiger partial charge < -0.3 is 10.2 Å². The number of carbonyl (C=O) groups is 2. The van der Waals surface area contributed by atoms with E-state index in [-0.39, 0.29) is 30.2 Å². The molecule has 0 spiro atoms. The number of benzene rings is 2. The number of hydrogen-bond acceptors (Lipinski definition) is 2. The van der Waals surface area contributed by atoms with Crippen molar-refractivity contribution in [2.45, 2.75) is 70.0 Å². The summed E-state index contributed by atoms with van der Waals surface area (Å²) in [5.74, 6) is -0.568. The lowest BCUT2D eigenvalue weighted by Gasteiger charge is -2.44. The number of nitrogens with zero attached hydrogens (tertiary/aromatic N) is 1. The van der Waals surface area contributed by atoms with Crippen LogP contribution in [0.15, 0.2) is 48.5 Å². The molecule has 0 bridgehead atoms. The van der Waals surface area contributed by atoms with Crippen LogP contribution >= 0.6 is 0 Å². The van der Waals surface area contributed by atoms with Gasteiger partial charge in [-0.1, -0.05) is 56.0 Å². The first-order valence-electron chi connectivity index (χ1n) is 10.9. The molecule has 0 aromatic heterocycles. The lowest BCUT2D eigenvalue weighted by atomic mass is 9.82. The van der Waals surface area contributed by atoms with E-state index in [0.717, 1.165) is 36.8 Å². The zero-order valence-electron chi connectivity index (χ0n) is 17.5. The molecule has 2 aromatic carbocycles. The lowest BCUT2D eigenvalue weighted by molar-refractivity contribution is -0.132. The van der Waals surface area contributed by atoms with E-state index >= 15 is 0 Å². The fourth-order valence-electron chi connectivity index (χ4n) is 4.71. The monoisotopic (exact) mass is 408 g/mol. The number of halogens is 1. The van der Waals surface area contributed by atoms with E-state index in [4.69, 9.17) is 0 Å². The van der Waals surface area contributed by atoms with E-state index in [2.05, 4.69) is 5.32 Å². The van der Waals surface area contributed by atoms with Crippen LogP contribution in [0.5, 0.6) is 0 Å². The van der Waals surface area contributed by atoms with Crippen LogP contribution in [0.2, 0.25) is 0 Å². The van der Waals surface area contributed by atoms with Crippen LogP contribution in [0.25, 0.3) is 0 Å². The Morgan fingerprint density at radius 3 is 2.43 bits per heavy atom. The van der Waals surface area contributed by atoms with E-state index in [1.807, 2.05) is 31.2 Å². The van der Waals surface area contributed by atoms with Gasteiger partial charge in [0.25, 0.3) is 5.91 Å². The van der Waals surface area contributed by atoms with Crippen molar-refractivity contribution in [2.75, 3.05) is 0 Å². The van der Waals surface area contributed by atoms with Gasteiger partial charge >= 0.3 is 0 Å². The van der Waals surface area contributed by atoms with Gasteiger partial charge in [-0.15, -0.1) is 0 Å². The van der Waals surface area contributed by atoms with Crippen molar-refractivity contribution in [3.63, 3.8) is 0 Å². The quantitative estimate of drug-likeness (QED) is 0.751. The van der Waals surface area contributed by atoms with Crippen LogP contribution in [0.1, 0.15) is 66.9 Å². The topological polar surface area (TPSA) is 49.4 Å². The van der Waals surface area contributed by atoms with E-state index in [1.54, 1.807) is 17.0 Å². The molecule has 2 aliphatic rings. The third-order valence-electron chi connectivity index (χ3n) is 6.56. The average Bonchev–Trinajstić information content (AvgIpc) is 3.01. The third-order valence-corrected chi connectivity index (χ3v) is 6.56. The Morgan fingerprint density at radius 2 is 1.73 bits per heavy atom. The Balaban J connectivity index is 1.65. The maximum atomic E-state index is 13.5. The number of rotatable bonds is 4. The highest BCUT2D eigenvalue weighted by Crippen LogP contribution is 2.33. The average molecular weight is 409 g/mol. The third kappa shape index (κ3) is 4.11. The van der Waals surface area contributed by atoms with Gasteiger partial charge in [-0.05, 0) is 49.1 Å². The molecule has 4 nitrogen and oxygen atoms in total. The maximum absolute atomic E-state index is 13.5. The molecule has 1 fully saturated rings. The van der Waals surface area contributed by atoms with Gasteiger partial charge in [-0.2, -0.15) is 0 Å². The molecule has 30 heavy (non-hydrogen) atoms. The molecular weight excluding hydrogens is 379 g/mol. The molecule has 4 rings (SSSR count). The molecular formula is C25H29FN2O2. The van der Waals surface area contributed by atoms with E-state index in [9.17, 15) is 14.0 Å². The van der Waals surface area contributed by atoms with E-state index < -0.39 is 5.54 Å². The highest BCUT2D eigenvalue weighted by molar-refractivity contribution is 6.02. The van der Waals surface area contributed by atoms with Crippen LogP contribution in [-0.4, -0.2) is 28.3 Å². The van der Waals surface area contributed by atoms with Gasteiger partial charge in [-0.3, -0.25) is 9.59 Å². The molecule has 1 atom stereocenters. The highest BCUT2D eigenvalue weighted by atomic mass is 19.1. The summed E-state index contributed by atoms with van der Waals surface area (Å²) in [6.07, 6.45) is 7.13. The predicted molar refractivity (Wildman–Crippen MR) is 114 cm³/mol. The molecule has 1 saturated carbocycles. The minimum Gasteiger partial charge on any atom is -0.351 e. The van der Waals surface area contributed by atoms with E-state index in [0.29, 0.717) is 12.0 Å². The zero-order valence-corrected chi connectivity index (χ0v) is 17.5. The molecule has 1 N–H and O–H groups in total. The van der Waals surface area contributed by atoms with Crippen LogP contribution < -0.4 is 5.32 Å². The molecule has 158 valence electrons. The molecule has 2 aromatic rings. The van der Waals surface area contributed by atoms with E-state index in [1.165, 1.54) is 25.0 Å². The molecule has 1 heterocycles. The minimum absolute atomic E-state index is 0.0978. The fourth-order valence-corrected chi connectivity index (χ4v) is 4.71. The SMILES string of the molecule is C[C@@]1(C(=O)NC2CCCCCC2)Cc2ccccc2C(=O)N1Cc1ccc(F)cc1. The second-order valence-electron chi connectivity index (χ2n) is 8.79. The van der Waals surface area contributed by atoms with Crippen molar-refractivity contribution in [1.29, 1.82) is 0 Å². The number of hydrogen-bond donors (Lipinski definition) is 1. The smallest absolute Gasteiger partial charge is 0.255 e. The molecule has 1 aliphatic carbocycles. The van der Waals surface area contributed by atoms with Crippen molar-refractivity contribution < 1.29 is 14.0 Å².